The molecule has 2 aromatic rings. The van der Waals surface area contributed by atoms with Gasteiger partial charge < -0.3 is 14.2 Å². The van der Waals surface area contributed by atoms with Crippen LogP contribution in [0.3, 0.4) is 0 Å². The van der Waals surface area contributed by atoms with E-state index < -0.39 is 12.1 Å². The third kappa shape index (κ3) is 3.51. The fraction of sp³-hybridized carbons (Fsp3) is 0.222. The van der Waals surface area contributed by atoms with Crippen molar-refractivity contribution in [3.63, 3.8) is 0 Å². The average molecular weight is 314 g/mol. The highest BCUT2D eigenvalue weighted by atomic mass is 16.7. The largest absolute Gasteiger partial charge is 0.513 e. The van der Waals surface area contributed by atoms with E-state index in [-0.39, 0.29) is 0 Å². The molecule has 0 saturated heterocycles. The summed E-state index contributed by atoms with van der Waals surface area (Å²) >= 11 is 0. The first-order chi connectivity index (χ1) is 11.0. The van der Waals surface area contributed by atoms with Crippen LogP contribution in [0, 0.1) is 6.92 Å². The third-order valence-electron chi connectivity index (χ3n) is 3.39. The van der Waals surface area contributed by atoms with Gasteiger partial charge in [0, 0.05) is 16.8 Å². The molecule has 0 aliphatic heterocycles. The number of fused-ring (bicyclic) bond motifs is 1. The van der Waals surface area contributed by atoms with Gasteiger partial charge in [-0.2, -0.15) is 0 Å². The van der Waals surface area contributed by atoms with E-state index in [1.165, 1.54) is 7.11 Å². The average Bonchev–Trinajstić information content (AvgIpc) is 2.56. The Bertz CT molecular complexity index is 777. The van der Waals surface area contributed by atoms with Crippen LogP contribution in [0.4, 0.5) is 4.79 Å². The van der Waals surface area contributed by atoms with Gasteiger partial charge in [0.05, 0.1) is 7.11 Å². The number of carbonyl (C=O) groups is 2. The summed E-state index contributed by atoms with van der Waals surface area (Å²) in [6.45, 7) is 7.25. The SMILES string of the molecule is C=CC(=O)Oc1c(CC)cc(OC(=O)OC)c2cc(C)ccc12. The predicted molar refractivity (Wildman–Crippen MR) is 86.9 cm³/mol. The molecule has 0 saturated carbocycles. The molecule has 23 heavy (non-hydrogen) atoms. The molecule has 5 heteroatoms. The fourth-order valence-corrected chi connectivity index (χ4v) is 2.28. The fourth-order valence-electron chi connectivity index (χ4n) is 2.28. The minimum Gasteiger partial charge on any atom is -0.437 e. The van der Waals surface area contributed by atoms with Gasteiger partial charge in [-0.25, -0.2) is 9.59 Å². The molecule has 0 heterocycles. The molecule has 0 unspecified atom stereocenters. The molecule has 0 atom stereocenters. The van der Waals surface area contributed by atoms with Crippen LogP contribution in [0.15, 0.2) is 36.9 Å². The lowest BCUT2D eigenvalue weighted by Gasteiger charge is -2.15. The van der Waals surface area contributed by atoms with Crippen LogP contribution >= 0.6 is 0 Å². The molecule has 0 aliphatic carbocycles. The van der Waals surface area contributed by atoms with Crippen LogP contribution in [0.2, 0.25) is 0 Å². The van der Waals surface area contributed by atoms with Crippen molar-refractivity contribution in [3.05, 3.63) is 48.0 Å². The van der Waals surface area contributed by atoms with Gasteiger partial charge >= 0.3 is 12.1 Å². The standard InChI is InChI=1S/C18H18O5/c1-5-12-10-15(22-18(20)21-4)14-9-11(3)7-8-13(14)17(12)23-16(19)6-2/h6-10H,2,5H2,1,3-4H3. The number of methoxy groups -OCH3 is 1. The summed E-state index contributed by atoms with van der Waals surface area (Å²) in [4.78, 5) is 23.1. The Hall–Kier alpha value is -2.82. The first-order valence-electron chi connectivity index (χ1n) is 7.16. The highest BCUT2D eigenvalue weighted by Gasteiger charge is 2.17. The van der Waals surface area contributed by atoms with Crippen molar-refractivity contribution in [2.45, 2.75) is 20.3 Å². The van der Waals surface area contributed by atoms with E-state index in [1.54, 1.807) is 6.07 Å². The number of rotatable bonds is 4. The third-order valence-corrected chi connectivity index (χ3v) is 3.39. The lowest BCUT2D eigenvalue weighted by Crippen LogP contribution is -2.10. The lowest BCUT2D eigenvalue weighted by atomic mass is 10.0. The summed E-state index contributed by atoms with van der Waals surface area (Å²) in [5.74, 6) is 0.277. The Balaban J connectivity index is 2.71. The summed E-state index contributed by atoms with van der Waals surface area (Å²) < 4.78 is 15.2. The van der Waals surface area contributed by atoms with Gasteiger partial charge in [0.1, 0.15) is 11.5 Å². The summed E-state index contributed by atoms with van der Waals surface area (Å²) in [6, 6.07) is 7.28. The van der Waals surface area contributed by atoms with Crippen molar-refractivity contribution in [1.29, 1.82) is 0 Å². The quantitative estimate of drug-likeness (QED) is 0.370. The predicted octanol–water partition coefficient (Wildman–Crippen LogP) is 3.95. The molecule has 0 amide bonds. The van der Waals surface area contributed by atoms with E-state index in [2.05, 4.69) is 11.3 Å². The molecular formula is C18H18O5. The van der Waals surface area contributed by atoms with Crippen LogP contribution in [-0.2, 0) is 16.0 Å². The van der Waals surface area contributed by atoms with Crippen molar-refractivity contribution in [1.82, 2.24) is 0 Å². The number of ether oxygens (including phenoxy) is 3. The number of hydrogen-bond donors (Lipinski definition) is 0. The Kier molecular flexibility index (Phi) is 5.01. The maximum absolute atomic E-state index is 11.6. The van der Waals surface area contributed by atoms with E-state index in [1.807, 2.05) is 32.0 Å². The van der Waals surface area contributed by atoms with Gasteiger partial charge in [-0.3, -0.25) is 0 Å². The minimum atomic E-state index is -0.800. The molecule has 5 nitrogen and oxygen atoms in total. The van der Waals surface area contributed by atoms with Crippen LogP contribution in [-0.4, -0.2) is 19.2 Å². The second-order valence-electron chi connectivity index (χ2n) is 4.95. The van der Waals surface area contributed by atoms with Crippen molar-refractivity contribution < 1.29 is 23.8 Å². The topological polar surface area (TPSA) is 61.8 Å². The number of hydrogen-bond acceptors (Lipinski definition) is 5. The van der Waals surface area contributed by atoms with E-state index in [0.717, 1.165) is 17.2 Å². The highest BCUT2D eigenvalue weighted by molar-refractivity contribution is 5.98. The summed E-state index contributed by atoms with van der Waals surface area (Å²) in [6.07, 6.45) is 0.907. The molecule has 0 N–H and O–H groups in total. The Labute approximate surface area is 134 Å². The van der Waals surface area contributed by atoms with Gasteiger partial charge in [-0.05, 0) is 31.0 Å². The van der Waals surface area contributed by atoms with Gasteiger partial charge in [0.15, 0.2) is 0 Å². The zero-order valence-corrected chi connectivity index (χ0v) is 13.3. The van der Waals surface area contributed by atoms with Crippen LogP contribution in [0.5, 0.6) is 11.5 Å². The van der Waals surface area contributed by atoms with Crippen LogP contribution in [0.1, 0.15) is 18.1 Å². The molecule has 0 spiro atoms. The van der Waals surface area contributed by atoms with Crippen molar-refractivity contribution in [3.8, 4) is 11.5 Å². The van der Waals surface area contributed by atoms with E-state index in [4.69, 9.17) is 9.47 Å². The lowest BCUT2D eigenvalue weighted by molar-refractivity contribution is -0.128. The molecule has 0 radical (unpaired) electrons. The maximum atomic E-state index is 11.6. The first-order valence-corrected chi connectivity index (χ1v) is 7.16. The number of benzene rings is 2. The summed E-state index contributed by atoms with van der Waals surface area (Å²) in [5.41, 5.74) is 1.73. The smallest absolute Gasteiger partial charge is 0.437 e. The maximum Gasteiger partial charge on any atom is 0.513 e. The minimum absolute atomic E-state index is 0.366. The van der Waals surface area contributed by atoms with Crippen LogP contribution < -0.4 is 9.47 Å². The number of carbonyl (C=O) groups excluding carboxylic acids is 2. The van der Waals surface area contributed by atoms with Gasteiger partial charge in [0.25, 0.3) is 0 Å². The first kappa shape index (κ1) is 16.5. The van der Waals surface area contributed by atoms with E-state index >= 15 is 0 Å². The van der Waals surface area contributed by atoms with Crippen LogP contribution in [0.25, 0.3) is 10.8 Å². The zero-order chi connectivity index (χ0) is 17.0. The molecule has 0 bridgehead atoms. The molecular weight excluding hydrogens is 296 g/mol. The van der Waals surface area contributed by atoms with Gasteiger partial charge in [-0.15, -0.1) is 0 Å². The second kappa shape index (κ2) is 6.96. The van der Waals surface area contributed by atoms with Gasteiger partial charge in [-0.1, -0.05) is 31.2 Å². The number of esters is 1. The Morgan fingerprint density at radius 3 is 2.52 bits per heavy atom. The molecule has 2 rings (SSSR count). The molecule has 0 aromatic heterocycles. The number of aryl methyl sites for hydroxylation is 2. The van der Waals surface area contributed by atoms with Gasteiger partial charge in [0.2, 0.25) is 0 Å². The molecule has 120 valence electrons. The van der Waals surface area contributed by atoms with Crippen molar-refractivity contribution in [2.24, 2.45) is 0 Å². The van der Waals surface area contributed by atoms with Crippen molar-refractivity contribution >= 4 is 22.9 Å². The molecule has 2 aromatic carbocycles. The monoisotopic (exact) mass is 314 g/mol. The summed E-state index contributed by atoms with van der Waals surface area (Å²) in [5, 5.41) is 1.35. The Morgan fingerprint density at radius 1 is 1.17 bits per heavy atom. The van der Waals surface area contributed by atoms with Crippen molar-refractivity contribution in [2.75, 3.05) is 7.11 Å². The highest BCUT2D eigenvalue weighted by Crippen LogP contribution is 2.38. The Morgan fingerprint density at radius 2 is 1.91 bits per heavy atom. The zero-order valence-electron chi connectivity index (χ0n) is 13.3. The normalized spacial score (nSPS) is 10.2. The molecule has 0 aliphatic rings. The van der Waals surface area contributed by atoms with E-state index in [9.17, 15) is 9.59 Å². The molecule has 0 fully saturated rings. The van der Waals surface area contributed by atoms with E-state index in [0.29, 0.717) is 28.7 Å². The summed E-state index contributed by atoms with van der Waals surface area (Å²) in [7, 11) is 1.25. The second-order valence-corrected chi connectivity index (χ2v) is 4.95.